The fourth-order valence-corrected chi connectivity index (χ4v) is 4.60. The van der Waals surface area contributed by atoms with Gasteiger partial charge in [0.1, 0.15) is 0 Å². The zero-order chi connectivity index (χ0) is 23.3. The summed E-state index contributed by atoms with van der Waals surface area (Å²) in [4.78, 5) is 19.6. The molecule has 0 bridgehead atoms. The monoisotopic (exact) mass is 515 g/mol. The highest BCUT2D eigenvalue weighted by Gasteiger charge is 2.13. The lowest BCUT2D eigenvalue weighted by atomic mass is 9.98. The molecule has 5 nitrogen and oxygen atoms in total. The van der Waals surface area contributed by atoms with Crippen molar-refractivity contribution in [3.63, 3.8) is 0 Å². The zero-order valence-electron chi connectivity index (χ0n) is 18.8. The summed E-state index contributed by atoms with van der Waals surface area (Å²) in [6.45, 7) is 4.03. The molecule has 1 fully saturated rings. The van der Waals surface area contributed by atoms with E-state index in [1.54, 1.807) is 0 Å². The topological polar surface area (TPSA) is 54.5 Å². The fraction of sp³-hybridized carbons (Fsp3) is 0.214. The molecule has 3 aromatic carbocycles. The van der Waals surface area contributed by atoms with E-state index in [-0.39, 0.29) is 5.91 Å². The molecule has 34 heavy (non-hydrogen) atoms. The molecule has 4 aromatic rings. The second-order valence-electron chi connectivity index (χ2n) is 8.41. The maximum absolute atomic E-state index is 12.4. The molecule has 0 unspecified atom stereocenters. The molecular formula is C28H26BrN3O2. The Bertz CT molecular complexity index is 1290. The zero-order valence-corrected chi connectivity index (χ0v) is 20.4. The molecule has 1 saturated heterocycles. The Morgan fingerprint density at radius 2 is 1.71 bits per heavy atom. The van der Waals surface area contributed by atoms with Gasteiger partial charge in [-0.1, -0.05) is 58.4 Å². The molecule has 0 saturated carbocycles. The van der Waals surface area contributed by atoms with Crippen molar-refractivity contribution in [2.24, 2.45) is 0 Å². The van der Waals surface area contributed by atoms with Gasteiger partial charge in [0.05, 0.1) is 24.4 Å². The number of carbonyl (C=O) groups is 1. The molecule has 1 aliphatic heterocycles. The second kappa shape index (κ2) is 10.5. The molecular weight excluding hydrogens is 490 g/mol. The van der Waals surface area contributed by atoms with Gasteiger partial charge in [-0.05, 0) is 47.5 Å². The Balaban J connectivity index is 1.35. The minimum absolute atomic E-state index is 0.0278. The van der Waals surface area contributed by atoms with Gasteiger partial charge in [0.25, 0.3) is 0 Å². The van der Waals surface area contributed by atoms with E-state index in [1.807, 2.05) is 42.5 Å². The van der Waals surface area contributed by atoms with Crippen molar-refractivity contribution in [1.29, 1.82) is 0 Å². The molecule has 172 valence electrons. The highest BCUT2D eigenvalue weighted by Crippen LogP contribution is 2.33. The van der Waals surface area contributed by atoms with Gasteiger partial charge >= 0.3 is 0 Å². The number of morpholine rings is 1. The molecule has 1 amide bonds. The molecule has 1 N–H and O–H groups in total. The summed E-state index contributed by atoms with van der Waals surface area (Å²) in [6.07, 6.45) is 0.476. The van der Waals surface area contributed by atoms with Crippen molar-refractivity contribution >= 4 is 38.4 Å². The Morgan fingerprint density at radius 1 is 0.941 bits per heavy atom. The van der Waals surface area contributed by atoms with E-state index in [0.717, 1.165) is 76.3 Å². The number of anilines is 1. The van der Waals surface area contributed by atoms with E-state index >= 15 is 0 Å². The van der Waals surface area contributed by atoms with Gasteiger partial charge in [-0.15, -0.1) is 0 Å². The molecule has 1 aliphatic rings. The minimum atomic E-state index is 0.0278. The summed E-state index contributed by atoms with van der Waals surface area (Å²) in [5.41, 5.74) is 5.94. The number of ether oxygens (including phenoxy) is 1. The third-order valence-electron chi connectivity index (χ3n) is 6.08. The smallest absolute Gasteiger partial charge is 0.225 e. The Kier molecular flexibility index (Phi) is 7.00. The number of fused-ring (bicyclic) bond motifs is 1. The quantitative estimate of drug-likeness (QED) is 0.342. The fourth-order valence-electron chi connectivity index (χ4n) is 4.23. The van der Waals surface area contributed by atoms with Crippen LogP contribution in [0.1, 0.15) is 6.42 Å². The SMILES string of the molecule is O=C(CCN1CCOCC1)Nc1ccc(-c2cc(-c3ccccc3)c3cc(Br)ccc3n2)cc1. The van der Waals surface area contributed by atoms with Crippen LogP contribution in [0, 0.1) is 0 Å². The number of amides is 1. The molecule has 2 heterocycles. The number of benzene rings is 3. The number of pyridine rings is 1. The lowest BCUT2D eigenvalue weighted by molar-refractivity contribution is -0.116. The summed E-state index contributed by atoms with van der Waals surface area (Å²) >= 11 is 3.59. The summed E-state index contributed by atoms with van der Waals surface area (Å²) in [5.74, 6) is 0.0278. The standard InChI is InChI=1S/C28H26BrN3O2/c29-22-8-11-26-25(18-22)24(20-4-2-1-3-5-20)19-27(31-26)21-6-9-23(10-7-21)30-28(33)12-13-32-14-16-34-17-15-32/h1-11,18-19H,12-17H2,(H,30,33). The number of nitrogens with zero attached hydrogens (tertiary/aromatic N) is 2. The molecule has 0 atom stereocenters. The summed E-state index contributed by atoms with van der Waals surface area (Å²) < 4.78 is 6.39. The molecule has 0 aliphatic carbocycles. The Hall–Kier alpha value is -3.06. The number of halogens is 1. The first-order valence-electron chi connectivity index (χ1n) is 11.5. The largest absolute Gasteiger partial charge is 0.379 e. The first-order chi connectivity index (χ1) is 16.7. The third-order valence-corrected chi connectivity index (χ3v) is 6.57. The van der Waals surface area contributed by atoms with E-state index in [9.17, 15) is 4.79 Å². The van der Waals surface area contributed by atoms with Gasteiger partial charge < -0.3 is 10.1 Å². The van der Waals surface area contributed by atoms with E-state index in [1.165, 1.54) is 0 Å². The third kappa shape index (κ3) is 5.36. The highest BCUT2D eigenvalue weighted by molar-refractivity contribution is 9.10. The first-order valence-corrected chi connectivity index (χ1v) is 12.3. The number of rotatable bonds is 6. The molecule has 0 spiro atoms. The van der Waals surface area contributed by atoms with Crippen LogP contribution in [-0.2, 0) is 9.53 Å². The highest BCUT2D eigenvalue weighted by atomic mass is 79.9. The first kappa shape index (κ1) is 22.7. The summed E-state index contributed by atoms with van der Waals surface area (Å²) in [6, 6.07) is 26.6. The number of carbonyl (C=O) groups excluding carboxylic acids is 1. The van der Waals surface area contributed by atoms with Crippen LogP contribution >= 0.6 is 15.9 Å². The number of aromatic nitrogens is 1. The Labute approximate surface area is 207 Å². The average Bonchev–Trinajstić information content (AvgIpc) is 2.88. The van der Waals surface area contributed by atoms with Crippen LogP contribution < -0.4 is 5.32 Å². The van der Waals surface area contributed by atoms with Gasteiger partial charge in [-0.25, -0.2) is 4.98 Å². The van der Waals surface area contributed by atoms with Gasteiger partial charge in [-0.3, -0.25) is 9.69 Å². The molecule has 0 radical (unpaired) electrons. The van der Waals surface area contributed by atoms with Gasteiger partial charge in [0.2, 0.25) is 5.91 Å². The maximum Gasteiger partial charge on any atom is 0.225 e. The van der Waals surface area contributed by atoms with Crippen LogP contribution in [-0.4, -0.2) is 48.6 Å². The number of hydrogen-bond donors (Lipinski definition) is 1. The van der Waals surface area contributed by atoms with Crippen LogP contribution in [0.5, 0.6) is 0 Å². The van der Waals surface area contributed by atoms with Crippen LogP contribution in [0.4, 0.5) is 5.69 Å². The van der Waals surface area contributed by atoms with Crippen molar-refractivity contribution in [2.45, 2.75) is 6.42 Å². The Morgan fingerprint density at radius 3 is 2.47 bits per heavy atom. The lowest BCUT2D eigenvalue weighted by Gasteiger charge is -2.26. The van der Waals surface area contributed by atoms with Gasteiger partial charge in [-0.2, -0.15) is 0 Å². The van der Waals surface area contributed by atoms with E-state index in [4.69, 9.17) is 9.72 Å². The summed E-state index contributed by atoms with van der Waals surface area (Å²) in [5, 5.41) is 4.12. The van der Waals surface area contributed by atoms with Crippen molar-refractivity contribution in [2.75, 3.05) is 38.2 Å². The van der Waals surface area contributed by atoms with E-state index in [0.29, 0.717) is 6.42 Å². The van der Waals surface area contributed by atoms with Crippen molar-refractivity contribution in [3.8, 4) is 22.4 Å². The molecule has 5 rings (SSSR count). The van der Waals surface area contributed by atoms with Gasteiger partial charge in [0, 0.05) is 47.2 Å². The average molecular weight is 516 g/mol. The summed E-state index contributed by atoms with van der Waals surface area (Å²) in [7, 11) is 0. The normalized spacial score (nSPS) is 14.3. The number of hydrogen-bond acceptors (Lipinski definition) is 4. The van der Waals surface area contributed by atoms with Crippen molar-refractivity contribution in [3.05, 3.63) is 83.3 Å². The lowest BCUT2D eigenvalue weighted by Crippen LogP contribution is -2.38. The number of nitrogens with one attached hydrogen (secondary N) is 1. The van der Waals surface area contributed by atoms with E-state index < -0.39 is 0 Å². The van der Waals surface area contributed by atoms with Crippen LogP contribution in [0.3, 0.4) is 0 Å². The molecule has 6 heteroatoms. The van der Waals surface area contributed by atoms with Crippen LogP contribution in [0.15, 0.2) is 83.3 Å². The molecule has 1 aromatic heterocycles. The van der Waals surface area contributed by atoms with Crippen LogP contribution in [0.2, 0.25) is 0 Å². The van der Waals surface area contributed by atoms with Crippen LogP contribution in [0.25, 0.3) is 33.3 Å². The van der Waals surface area contributed by atoms with Crippen molar-refractivity contribution < 1.29 is 9.53 Å². The van der Waals surface area contributed by atoms with Crippen molar-refractivity contribution in [1.82, 2.24) is 9.88 Å². The maximum atomic E-state index is 12.4. The van der Waals surface area contributed by atoms with Gasteiger partial charge in [0.15, 0.2) is 0 Å². The predicted octanol–water partition coefficient (Wildman–Crippen LogP) is 5.99. The second-order valence-corrected chi connectivity index (χ2v) is 9.33. The predicted molar refractivity (Wildman–Crippen MR) is 141 cm³/mol. The van der Waals surface area contributed by atoms with E-state index in [2.05, 4.69) is 62.5 Å². The minimum Gasteiger partial charge on any atom is -0.379 e.